The summed E-state index contributed by atoms with van der Waals surface area (Å²) < 4.78 is 7.40. The van der Waals surface area contributed by atoms with Crippen molar-refractivity contribution in [1.82, 2.24) is 15.0 Å². The van der Waals surface area contributed by atoms with Crippen LogP contribution in [-0.4, -0.2) is 27.9 Å². The highest BCUT2D eigenvalue weighted by molar-refractivity contribution is 7.99. The highest BCUT2D eigenvalue weighted by atomic mass is 32.2. The predicted molar refractivity (Wildman–Crippen MR) is 120 cm³/mol. The van der Waals surface area contributed by atoms with Crippen LogP contribution in [0.4, 0.5) is 0 Å². The number of hydrogen-bond acceptors (Lipinski definition) is 5. The van der Waals surface area contributed by atoms with Gasteiger partial charge in [0, 0.05) is 16.0 Å². The lowest BCUT2D eigenvalue weighted by atomic mass is 10.0. The summed E-state index contributed by atoms with van der Waals surface area (Å²) in [5.41, 5.74) is 3.19. The van der Waals surface area contributed by atoms with Crippen LogP contribution in [0.5, 0.6) is 5.75 Å². The van der Waals surface area contributed by atoms with E-state index in [2.05, 4.69) is 17.2 Å². The molecular formula is C24H23N3O2S. The quantitative estimate of drug-likeness (QED) is 0.269. The van der Waals surface area contributed by atoms with Gasteiger partial charge in [-0.3, -0.25) is 4.79 Å². The molecule has 1 unspecified atom stereocenters. The zero-order valence-corrected chi connectivity index (χ0v) is 17.8. The Hall–Kier alpha value is -3.12. The Morgan fingerprint density at radius 1 is 1.07 bits per heavy atom. The second-order valence-corrected chi connectivity index (χ2v) is 8.16. The fraction of sp³-hybridized carbons (Fsp3) is 0.208. The monoisotopic (exact) mass is 417 g/mol. The van der Waals surface area contributed by atoms with Crippen LogP contribution in [-0.2, 0) is 0 Å². The van der Waals surface area contributed by atoms with Gasteiger partial charge < -0.3 is 4.74 Å². The number of hydrogen-bond donors (Lipinski definition) is 0. The summed E-state index contributed by atoms with van der Waals surface area (Å²) in [4.78, 5) is 14.1. The van der Waals surface area contributed by atoms with Crippen molar-refractivity contribution in [3.8, 4) is 5.75 Å². The first-order chi connectivity index (χ1) is 14.7. The molecule has 0 bridgehead atoms. The van der Waals surface area contributed by atoms with Crippen molar-refractivity contribution < 1.29 is 9.53 Å². The molecule has 1 atom stereocenters. The SMILES string of the molecule is CCCC(Sc1cc(OC)ccc1C(=O)c1ccccc1)n1nnc2ccccc21. The number of nitrogens with zero attached hydrogens (tertiary/aromatic N) is 3. The van der Waals surface area contributed by atoms with Crippen LogP contribution >= 0.6 is 11.8 Å². The van der Waals surface area contributed by atoms with E-state index in [4.69, 9.17) is 4.74 Å². The zero-order chi connectivity index (χ0) is 20.9. The smallest absolute Gasteiger partial charge is 0.194 e. The first-order valence-corrected chi connectivity index (χ1v) is 10.8. The van der Waals surface area contributed by atoms with Gasteiger partial charge in [-0.2, -0.15) is 0 Å². The Morgan fingerprint density at radius 2 is 1.83 bits per heavy atom. The van der Waals surface area contributed by atoms with Crippen molar-refractivity contribution in [3.05, 3.63) is 83.9 Å². The number of methoxy groups -OCH3 is 1. The summed E-state index contributed by atoms with van der Waals surface area (Å²) >= 11 is 1.62. The van der Waals surface area contributed by atoms with Gasteiger partial charge in [-0.05, 0) is 36.8 Å². The Labute approximate surface area is 180 Å². The molecule has 3 aromatic carbocycles. The van der Waals surface area contributed by atoms with Crippen LogP contribution in [0.2, 0.25) is 0 Å². The Balaban J connectivity index is 1.75. The molecule has 4 aromatic rings. The van der Waals surface area contributed by atoms with Gasteiger partial charge in [0.15, 0.2) is 5.78 Å². The number of aromatic nitrogens is 3. The van der Waals surface area contributed by atoms with Gasteiger partial charge in [-0.25, -0.2) is 4.68 Å². The lowest BCUT2D eigenvalue weighted by Gasteiger charge is -2.19. The van der Waals surface area contributed by atoms with Crippen molar-refractivity contribution in [2.45, 2.75) is 30.0 Å². The molecule has 0 aliphatic heterocycles. The summed E-state index contributed by atoms with van der Waals surface area (Å²) in [5, 5.41) is 8.74. The highest BCUT2D eigenvalue weighted by Gasteiger charge is 2.21. The molecule has 5 nitrogen and oxygen atoms in total. The summed E-state index contributed by atoms with van der Waals surface area (Å²) in [6.07, 6.45) is 1.88. The zero-order valence-electron chi connectivity index (χ0n) is 17.0. The molecule has 0 spiro atoms. The lowest BCUT2D eigenvalue weighted by molar-refractivity contribution is 0.103. The van der Waals surface area contributed by atoms with Crippen LogP contribution in [0.1, 0.15) is 41.1 Å². The molecule has 0 aliphatic carbocycles. The Bertz CT molecular complexity index is 1160. The minimum Gasteiger partial charge on any atom is -0.497 e. The van der Waals surface area contributed by atoms with Crippen molar-refractivity contribution in [2.75, 3.05) is 7.11 Å². The molecule has 30 heavy (non-hydrogen) atoms. The molecule has 1 heterocycles. The third-order valence-electron chi connectivity index (χ3n) is 4.92. The molecule has 0 fully saturated rings. The first kappa shape index (κ1) is 20.2. The van der Waals surface area contributed by atoms with Gasteiger partial charge >= 0.3 is 0 Å². The molecular weight excluding hydrogens is 394 g/mol. The second-order valence-electron chi connectivity index (χ2n) is 6.94. The van der Waals surface area contributed by atoms with Crippen LogP contribution in [0.3, 0.4) is 0 Å². The standard InChI is InChI=1S/C24H23N3O2S/c1-3-9-23(27-21-13-8-7-12-20(21)25-26-27)30-22-16-18(29-2)14-15-19(22)24(28)17-10-5-4-6-11-17/h4-8,10-16,23H,3,9H2,1-2H3. The summed E-state index contributed by atoms with van der Waals surface area (Å²) in [7, 11) is 1.64. The van der Waals surface area contributed by atoms with Gasteiger partial charge in [-0.15, -0.1) is 5.10 Å². The van der Waals surface area contributed by atoms with Gasteiger partial charge in [0.2, 0.25) is 0 Å². The maximum Gasteiger partial charge on any atom is 0.194 e. The molecule has 0 saturated carbocycles. The molecule has 0 aliphatic rings. The maximum atomic E-state index is 13.2. The second kappa shape index (κ2) is 9.13. The van der Waals surface area contributed by atoms with Gasteiger partial charge in [0.25, 0.3) is 0 Å². The molecule has 1 aromatic heterocycles. The third-order valence-corrected chi connectivity index (χ3v) is 6.22. The maximum absolute atomic E-state index is 13.2. The minimum absolute atomic E-state index is 0.000509. The van der Waals surface area contributed by atoms with Gasteiger partial charge in [0.1, 0.15) is 16.6 Å². The number of carbonyl (C=O) groups excluding carboxylic acids is 1. The van der Waals surface area contributed by atoms with E-state index in [1.807, 2.05) is 77.5 Å². The summed E-state index contributed by atoms with van der Waals surface area (Å²) in [6, 6.07) is 22.9. The van der Waals surface area contributed by atoms with E-state index in [1.54, 1.807) is 18.9 Å². The van der Waals surface area contributed by atoms with E-state index >= 15 is 0 Å². The van der Waals surface area contributed by atoms with Crippen LogP contribution in [0.15, 0.2) is 77.7 Å². The van der Waals surface area contributed by atoms with Gasteiger partial charge in [0.05, 0.1) is 12.6 Å². The van der Waals surface area contributed by atoms with E-state index in [9.17, 15) is 4.79 Å². The fourth-order valence-corrected chi connectivity index (χ4v) is 4.76. The van der Waals surface area contributed by atoms with Crippen LogP contribution in [0.25, 0.3) is 11.0 Å². The van der Waals surface area contributed by atoms with E-state index in [-0.39, 0.29) is 11.2 Å². The molecule has 0 N–H and O–H groups in total. The number of fused-ring (bicyclic) bond motifs is 1. The number of benzene rings is 3. The third kappa shape index (κ3) is 4.09. The van der Waals surface area contributed by atoms with E-state index < -0.39 is 0 Å². The Kier molecular flexibility index (Phi) is 6.14. The Morgan fingerprint density at radius 3 is 2.60 bits per heavy atom. The average Bonchev–Trinajstić information content (AvgIpc) is 3.23. The van der Waals surface area contributed by atoms with E-state index in [0.717, 1.165) is 34.5 Å². The van der Waals surface area contributed by atoms with Crippen molar-refractivity contribution >= 4 is 28.6 Å². The number of para-hydroxylation sites is 1. The van der Waals surface area contributed by atoms with E-state index in [1.165, 1.54) is 0 Å². The molecule has 0 radical (unpaired) electrons. The molecule has 0 amide bonds. The lowest BCUT2D eigenvalue weighted by Crippen LogP contribution is -2.09. The molecule has 4 rings (SSSR count). The summed E-state index contributed by atoms with van der Waals surface area (Å²) in [6.45, 7) is 2.15. The van der Waals surface area contributed by atoms with Crippen molar-refractivity contribution in [1.29, 1.82) is 0 Å². The minimum atomic E-state index is -0.000509. The number of thioether (sulfide) groups is 1. The molecule has 0 saturated heterocycles. The van der Waals surface area contributed by atoms with Crippen molar-refractivity contribution in [3.63, 3.8) is 0 Å². The highest BCUT2D eigenvalue weighted by Crippen LogP contribution is 2.39. The van der Waals surface area contributed by atoms with E-state index in [0.29, 0.717) is 11.1 Å². The topological polar surface area (TPSA) is 57.0 Å². The molecule has 152 valence electrons. The van der Waals surface area contributed by atoms with Crippen LogP contribution < -0.4 is 4.74 Å². The number of rotatable bonds is 8. The normalized spacial score (nSPS) is 12.1. The van der Waals surface area contributed by atoms with Crippen molar-refractivity contribution in [2.24, 2.45) is 0 Å². The number of ketones is 1. The average molecular weight is 418 g/mol. The first-order valence-electron chi connectivity index (χ1n) is 9.95. The summed E-state index contributed by atoms with van der Waals surface area (Å²) in [5.74, 6) is 0.722. The number of carbonyl (C=O) groups is 1. The van der Waals surface area contributed by atoms with Gasteiger partial charge in [-0.1, -0.05) is 72.8 Å². The predicted octanol–water partition coefficient (Wildman–Crippen LogP) is 5.76. The largest absolute Gasteiger partial charge is 0.497 e. The fourth-order valence-electron chi connectivity index (χ4n) is 3.38. The van der Waals surface area contributed by atoms with Crippen LogP contribution in [0, 0.1) is 0 Å². The number of ether oxygens (including phenoxy) is 1. The molecule has 6 heteroatoms.